The van der Waals surface area contributed by atoms with E-state index in [9.17, 15) is 4.79 Å². The van der Waals surface area contributed by atoms with Crippen molar-refractivity contribution in [2.24, 2.45) is 0 Å². The van der Waals surface area contributed by atoms with E-state index in [1.165, 1.54) is 0 Å². The summed E-state index contributed by atoms with van der Waals surface area (Å²) in [6.45, 7) is 6.25. The van der Waals surface area contributed by atoms with Crippen LogP contribution in [0.1, 0.15) is 40.0 Å². The van der Waals surface area contributed by atoms with Gasteiger partial charge in [-0.2, -0.15) is 0 Å². The fraction of sp³-hybridized carbons (Fsp3) is 0.909. The van der Waals surface area contributed by atoms with E-state index in [0.717, 1.165) is 30.3 Å². The lowest BCUT2D eigenvalue weighted by molar-refractivity contribution is -0.124. The van der Waals surface area contributed by atoms with Crippen molar-refractivity contribution < 1.29 is 4.79 Å². The molecule has 15 heavy (non-hydrogen) atoms. The van der Waals surface area contributed by atoms with E-state index in [4.69, 9.17) is 0 Å². The van der Waals surface area contributed by atoms with E-state index in [-0.39, 0.29) is 16.2 Å². The molecule has 1 heterocycles. The smallest absolute Gasteiger partial charge is 0.236 e. The Morgan fingerprint density at radius 2 is 2.33 bits per heavy atom. The standard InChI is InChI=1S/C11H20BrNOS/c1-4-10(2,8-12)13-9(14)11(3)6-5-7-15-11/h4-8H2,1-3H3,(H,13,14). The van der Waals surface area contributed by atoms with Gasteiger partial charge in [0.25, 0.3) is 0 Å². The fourth-order valence-electron chi connectivity index (χ4n) is 1.58. The Labute approximate surface area is 105 Å². The molecule has 0 saturated carbocycles. The maximum absolute atomic E-state index is 12.1. The highest BCUT2D eigenvalue weighted by Gasteiger charge is 2.39. The predicted octanol–water partition coefficient (Wildman–Crippen LogP) is 2.95. The van der Waals surface area contributed by atoms with Crippen molar-refractivity contribution in [1.82, 2.24) is 5.32 Å². The first kappa shape index (κ1) is 13.4. The van der Waals surface area contributed by atoms with Crippen molar-refractivity contribution >= 4 is 33.6 Å². The molecule has 1 rings (SSSR count). The zero-order valence-corrected chi connectivity index (χ0v) is 12.1. The van der Waals surface area contributed by atoms with Gasteiger partial charge in [-0.15, -0.1) is 11.8 Å². The number of alkyl halides is 1. The summed E-state index contributed by atoms with van der Waals surface area (Å²) in [6, 6.07) is 0. The van der Waals surface area contributed by atoms with E-state index >= 15 is 0 Å². The number of hydrogen-bond donors (Lipinski definition) is 1. The Kier molecular flexibility index (Phi) is 4.53. The van der Waals surface area contributed by atoms with Gasteiger partial charge in [-0.3, -0.25) is 4.79 Å². The maximum Gasteiger partial charge on any atom is 0.236 e. The second kappa shape index (κ2) is 5.09. The first-order valence-electron chi connectivity index (χ1n) is 5.48. The van der Waals surface area contributed by atoms with Crippen molar-refractivity contribution in [1.29, 1.82) is 0 Å². The van der Waals surface area contributed by atoms with Crippen molar-refractivity contribution in [3.8, 4) is 0 Å². The van der Waals surface area contributed by atoms with Crippen molar-refractivity contribution in [3.05, 3.63) is 0 Å². The number of halogens is 1. The van der Waals surface area contributed by atoms with E-state index in [0.29, 0.717) is 0 Å². The van der Waals surface area contributed by atoms with Gasteiger partial charge < -0.3 is 5.32 Å². The Morgan fingerprint density at radius 3 is 2.73 bits per heavy atom. The molecular formula is C11H20BrNOS. The van der Waals surface area contributed by atoms with Gasteiger partial charge in [0.1, 0.15) is 0 Å². The average Bonchev–Trinajstić information content (AvgIpc) is 2.66. The summed E-state index contributed by atoms with van der Waals surface area (Å²) >= 11 is 5.25. The molecule has 2 nitrogen and oxygen atoms in total. The first-order valence-corrected chi connectivity index (χ1v) is 7.59. The molecule has 1 saturated heterocycles. The van der Waals surface area contributed by atoms with Crippen LogP contribution in [0.2, 0.25) is 0 Å². The Morgan fingerprint density at radius 1 is 1.67 bits per heavy atom. The molecule has 0 bridgehead atoms. The lowest BCUT2D eigenvalue weighted by Gasteiger charge is -2.32. The maximum atomic E-state index is 12.1. The van der Waals surface area contributed by atoms with Gasteiger partial charge in [-0.1, -0.05) is 22.9 Å². The molecule has 1 N–H and O–H groups in total. The van der Waals surface area contributed by atoms with Gasteiger partial charge in [0.2, 0.25) is 5.91 Å². The molecular weight excluding hydrogens is 274 g/mol. The Hall–Kier alpha value is 0.300. The molecule has 1 aliphatic rings. The molecule has 0 spiro atoms. The van der Waals surface area contributed by atoms with Crippen LogP contribution in [0, 0.1) is 0 Å². The van der Waals surface area contributed by atoms with Crippen LogP contribution >= 0.6 is 27.7 Å². The number of amides is 1. The average molecular weight is 294 g/mol. The van der Waals surface area contributed by atoms with E-state index < -0.39 is 0 Å². The summed E-state index contributed by atoms with van der Waals surface area (Å²) < 4.78 is -0.196. The first-order chi connectivity index (χ1) is 6.96. The largest absolute Gasteiger partial charge is 0.349 e. The number of carbonyl (C=O) groups is 1. The highest BCUT2D eigenvalue weighted by Crippen LogP contribution is 2.38. The van der Waals surface area contributed by atoms with Crippen molar-refractivity contribution in [2.75, 3.05) is 11.1 Å². The van der Waals surface area contributed by atoms with Gasteiger partial charge in [0, 0.05) is 10.9 Å². The van der Waals surface area contributed by atoms with Crippen molar-refractivity contribution in [2.45, 2.75) is 50.3 Å². The quantitative estimate of drug-likeness (QED) is 0.808. The topological polar surface area (TPSA) is 29.1 Å². The fourth-order valence-corrected chi connectivity index (χ4v) is 3.33. The summed E-state index contributed by atoms with van der Waals surface area (Å²) in [6.07, 6.45) is 3.11. The van der Waals surface area contributed by atoms with E-state index in [2.05, 4.69) is 42.0 Å². The molecule has 2 atom stereocenters. The molecule has 0 aromatic carbocycles. The minimum absolute atomic E-state index is 0.108. The predicted molar refractivity (Wildman–Crippen MR) is 70.7 cm³/mol. The zero-order chi connectivity index (χ0) is 11.5. The van der Waals surface area contributed by atoms with Crippen LogP contribution in [0.15, 0.2) is 0 Å². The van der Waals surface area contributed by atoms with Gasteiger partial charge in [0.05, 0.1) is 4.75 Å². The molecule has 1 aliphatic heterocycles. The highest BCUT2D eigenvalue weighted by atomic mass is 79.9. The lowest BCUT2D eigenvalue weighted by Crippen LogP contribution is -2.53. The lowest BCUT2D eigenvalue weighted by atomic mass is 9.98. The normalized spacial score (nSPS) is 29.9. The van der Waals surface area contributed by atoms with Gasteiger partial charge in [-0.25, -0.2) is 0 Å². The van der Waals surface area contributed by atoms with Gasteiger partial charge in [0.15, 0.2) is 0 Å². The Balaban J connectivity index is 2.61. The number of carbonyl (C=O) groups excluding carboxylic acids is 1. The van der Waals surface area contributed by atoms with Crippen molar-refractivity contribution in [3.63, 3.8) is 0 Å². The third kappa shape index (κ3) is 3.13. The minimum atomic E-state index is -0.196. The zero-order valence-electron chi connectivity index (χ0n) is 9.73. The SMILES string of the molecule is CCC(C)(CBr)NC(=O)C1(C)CCCS1. The number of thioether (sulfide) groups is 1. The molecule has 0 radical (unpaired) electrons. The van der Waals surface area contributed by atoms with Crippen LogP contribution < -0.4 is 5.32 Å². The molecule has 0 aromatic rings. The minimum Gasteiger partial charge on any atom is -0.349 e. The highest BCUT2D eigenvalue weighted by molar-refractivity contribution is 9.09. The summed E-state index contributed by atoms with van der Waals surface area (Å²) in [5, 5.41) is 3.98. The van der Waals surface area contributed by atoms with Crippen LogP contribution in [0.3, 0.4) is 0 Å². The second-order valence-electron chi connectivity index (χ2n) is 4.68. The third-order valence-electron chi connectivity index (χ3n) is 3.19. The summed E-state index contributed by atoms with van der Waals surface area (Å²) in [4.78, 5) is 12.1. The van der Waals surface area contributed by atoms with E-state index in [1.807, 2.05) is 0 Å². The molecule has 1 amide bonds. The van der Waals surface area contributed by atoms with Crippen LogP contribution in [-0.4, -0.2) is 27.3 Å². The van der Waals surface area contributed by atoms with Gasteiger partial charge >= 0.3 is 0 Å². The molecule has 0 aromatic heterocycles. The molecule has 88 valence electrons. The van der Waals surface area contributed by atoms with Crippen LogP contribution in [0.25, 0.3) is 0 Å². The van der Waals surface area contributed by atoms with Gasteiger partial charge in [-0.05, 0) is 38.9 Å². The summed E-state index contributed by atoms with van der Waals surface area (Å²) in [5.74, 6) is 1.31. The van der Waals surface area contributed by atoms with Crippen LogP contribution in [-0.2, 0) is 4.79 Å². The number of nitrogens with one attached hydrogen (secondary N) is 1. The molecule has 0 aliphatic carbocycles. The van der Waals surface area contributed by atoms with Crippen LogP contribution in [0.5, 0.6) is 0 Å². The Bertz CT molecular complexity index is 235. The second-order valence-corrected chi connectivity index (χ2v) is 6.84. The van der Waals surface area contributed by atoms with Crippen LogP contribution in [0.4, 0.5) is 0 Å². The monoisotopic (exact) mass is 293 g/mol. The molecule has 1 fully saturated rings. The van der Waals surface area contributed by atoms with E-state index in [1.54, 1.807) is 11.8 Å². The molecule has 4 heteroatoms. The molecule has 2 unspecified atom stereocenters. The summed E-state index contributed by atoms with van der Waals surface area (Å²) in [7, 11) is 0. The summed E-state index contributed by atoms with van der Waals surface area (Å²) in [5.41, 5.74) is -0.108. The number of rotatable bonds is 4. The third-order valence-corrected chi connectivity index (χ3v) is 5.95. The number of hydrogen-bond acceptors (Lipinski definition) is 2.